The number of aromatic nitrogens is 3. The number of ether oxygens (including phenoxy) is 2. The Morgan fingerprint density at radius 1 is 1.23 bits per heavy atom. The van der Waals surface area contributed by atoms with Crippen molar-refractivity contribution in [2.75, 3.05) is 34.0 Å². The summed E-state index contributed by atoms with van der Waals surface area (Å²) in [6.07, 6.45) is 0. The molecule has 1 aromatic carbocycles. The predicted octanol–water partition coefficient (Wildman–Crippen LogP) is 2.51. The summed E-state index contributed by atoms with van der Waals surface area (Å²) in [4.78, 5) is 12.6. The summed E-state index contributed by atoms with van der Waals surface area (Å²) in [7, 11) is 3.27. The first-order valence-electron chi connectivity index (χ1n) is 8.52. The molecule has 26 heavy (non-hydrogen) atoms. The SMILES string of the molecule is COCCN=C(c1cc2ccccc2[nH]1)c1nc(C)n(CCOC)c1O. The number of nitrogens with one attached hydrogen (secondary N) is 1. The van der Waals surface area contributed by atoms with Crippen LogP contribution < -0.4 is 0 Å². The minimum absolute atomic E-state index is 0.0920. The van der Waals surface area contributed by atoms with Gasteiger partial charge in [0.05, 0.1) is 32.0 Å². The summed E-state index contributed by atoms with van der Waals surface area (Å²) in [5, 5.41) is 11.8. The number of nitrogens with zero attached hydrogens (tertiary/aromatic N) is 3. The number of H-pyrrole nitrogens is 1. The van der Waals surface area contributed by atoms with E-state index in [1.165, 1.54) is 0 Å². The molecule has 0 unspecified atom stereocenters. The Morgan fingerprint density at radius 2 is 2.00 bits per heavy atom. The standard InChI is InChI=1S/C19H24N4O3/c1-13-21-18(19(24)23(13)9-11-26-3)17(20-8-10-25-2)16-12-14-6-4-5-7-15(14)22-16/h4-7,12,22,24H,8-11H2,1-3H3. The molecule has 0 bridgehead atoms. The lowest BCUT2D eigenvalue weighted by molar-refractivity contribution is 0.183. The van der Waals surface area contributed by atoms with Crippen molar-refractivity contribution in [3.63, 3.8) is 0 Å². The van der Waals surface area contributed by atoms with Crippen LogP contribution in [0, 0.1) is 6.92 Å². The van der Waals surface area contributed by atoms with Crippen molar-refractivity contribution in [2.45, 2.75) is 13.5 Å². The summed E-state index contributed by atoms with van der Waals surface area (Å²) in [5.41, 5.74) is 2.90. The zero-order valence-corrected chi connectivity index (χ0v) is 15.3. The summed E-state index contributed by atoms with van der Waals surface area (Å²) in [5.74, 6) is 0.805. The maximum absolute atomic E-state index is 10.7. The quantitative estimate of drug-likeness (QED) is 0.480. The topological polar surface area (TPSA) is 84.7 Å². The lowest BCUT2D eigenvalue weighted by Crippen LogP contribution is -2.09. The first-order valence-corrected chi connectivity index (χ1v) is 8.52. The maximum Gasteiger partial charge on any atom is 0.221 e. The van der Waals surface area contributed by atoms with Crippen LogP contribution in [0.25, 0.3) is 10.9 Å². The van der Waals surface area contributed by atoms with E-state index in [2.05, 4.69) is 15.0 Å². The molecule has 2 N–H and O–H groups in total. The number of fused-ring (bicyclic) bond motifs is 1. The molecule has 0 aliphatic heterocycles. The number of para-hydroxylation sites is 1. The van der Waals surface area contributed by atoms with E-state index in [-0.39, 0.29) is 5.88 Å². The second-order valence-corrected chi connectivity index (χ2v) is 5.97. The van der Waals surface area contributed by atoms with E-state index < -0.39 is 0 Å². The minimum atomic E-state index is 0.0920. The largest absolute Gasteiger partial charge is 0.493 e. The van der Waals surface area contributed by atoms with Gasteiger partial charge in [-0.3, -0.25) is 9.56 Å². The van der Waals surface area contributed by atoms with Crippen molar-refractivity contribution in [3.8, 4) is 5.88 Å². The van der Waals surface area contributed by atoms with Gasteiger partial charge in [0.25, 0.3) is 0 Å². The van der Waals surface area contributed by atoms with E-state index in [1.807, 2.05) is 37.3 Å². The molecule has 0 saturated heterocycles. The van der Waals surface area contributed by atoms with E-state index in [9.17, 15) is 5.11 Å². The first-order chi connectivity index (χ1) is 12.7. The van der Waals surface area contributed by atoms with E-state index in [1.54, 1.807) is 18.8 Å². The van der Waals surface area contributed by atoms with E-state index in [0.717, 1.165) is 16.6 Å². The van der Waals surface area contributed by atoms with Crippen molar-refractivity contribution in [3.05, 3.63) is 47.5 Å². The van der Waals surface area contributed by atoms with Crippen molar-refractivity contribution in [1.82, 2.24) is 14.5 Å². The normalized spacial score (nSPS) is 12.2. The average Bonchev–Trinajstić information content (AvgIpc) is 3.18. The van der Waals surface area contributed by atoms with Crippen LogP contribution in [-0.2, 0) is 16.0 Å². The predicted molar refractivity (Wildman–Crippen MR) is 101 cm³/mol. The molecule has 7 heteroatoms. The van der Waals surface area contributed by atoms with E-state index in [4.69, 9.17) is 9.47 Å². The molecule has 7 nitrogen and oxygen atoms in total. The van der Waals surface area contributed by atoms with Gasteiger partial charge in [0.2, 0.25) is 5.88 Å². The molecule has 0 spiro atoms. The monoisotopic (exact) mass is 356 g/mol. The molecule has 0 amide bonds. The number of aryl methyl sites for hydroxylation is 1. The number of hydrogen-bond acceptors (Lipinski definition) is 5. The summed E-state index contributed by atoms with van der Waals surface area (Å²) in [6.45, 7) is 3.85. The number of aromatic hydroxyl groups is 1. The molecule has 0 fully saturated rings. The summed E-state index contributed by atoms with van der Waals surface area (Å²) in [6, 6.07) is 10.0. The second kappa shape index (κ2) is 8.16. The van der Waals surface area contributed by atoms with Crippen LogP contribution in [0.4, 0.5) is 0 Å². The van der Waals surface area contributed by atoms with Crippen LogP contribution in [0.5, 0.6) is 5.88 Å². The highest BCUT2D eigenvalue weighted by molar-refractivity contribution is 6.13. The third-order valence-electron chi connectivity index (χ3n) is 4.23. The highest BCUT2D eigenvalue weighted by Gasteiger charge is 2.21. The highest BCUT2D eigenvalue weighted by Crippen LogP contribution is 2.24. The smallest absolute Gasteiger partial charge is 0.221 e. The maximum atomic E-state index is 10.7. The van der Waals surface area contributed by atoms with Gasteiger partial charge in [-0.2, -0.15) is 0 Å². The molecule has 2 aromatic heterocycles. The van der Waals surface area contributed by atoms with Gasteiger partial charge in [0, 0.05) is 25.1 Å². The van der Waals surface area contributed by atoms with Gasteiger partial charge in [-0.25, -0.2) is 4.98 Å². The Balaban J connectivity index is 2.05. The molecule has 0 atom stereocenters. The number of imidazole rings is 1. The molecular formula is C19H24N4O3. The number of aromatic amines is 1. The zero-order valence-electron chi connectivity index (χ0n) is 15.3. The lowest BCUT2D eigenvalue weighted by atomic mass is 10.2. The number of benzene rings is 1. The van der Waals surface area contributed by atoms with E-state index >= 15 is 0 Å². The van der Waals surface area contributed by atoms with Crippen LogP contribution in [-0.4, -0.2) is 59.3 Å². The zero-order chi connectivity index (χ0) is 18.5. The van der Waals surface area contributed by atoms with Gasteiger partial charge >= 0.3 is 0 Å². The molecule has 0 saturated carbocycles. The molecular weight excluding hydrogens is 332 g/mol. The Bertz CT molecular complexity index is 878. The van der Waals surface area contributed by atoms with Crippen molar-refractivity contribution in [2.24, 2.45) is 4.99 Å². The fourth-order valence-electron chi connectivity index (χ4n) is 2.90. The third-order valence-corrected chi connectivity index (χ3v) is 4.23. The molecule has 0 aliphatic rings. The fraction of sp³-hybridized carbons (Fsp3) is 0.368. The Labute approximate surface area is 152 Å². The fourth-order valence-corrected chi connectivity index (χ4v) is 2.90. The van der Waals surface area contributed by atoms with Gasteiger partial charge in [-0.15, -0.1) is 0 Å². The number of hydrogen-bond donors (Lipinski definition) is 2. The van der Waals surface area contributed by atoms with Crippen LogP contribution in [0.1, 0.15) is 17.2 Å². The van der Waals surface area contributed by atoms with E-state index in [0.29, 0.717) is 43.5 Å². The lowest BCUT2D eigenvalue weighted by Gasteiger charge is -2.06. The molecule has 0 aliphatic carbocycles. The van der Waals surface area contributed by atoms with Crippen LogP contribution in [0.2, 0.25) is 0 Å². The Morgan fingerprint density at radius 3 is 2.73 bits per heavy atom. The van der Waals surface area contributed by atoms with Crippen molar-refractivity contribution >= 4 is 16.6 Å². The highest BCUT2D eigenvalue weighted by atomic mass is 16.5. The molecule has 0 radical (unpaired) electrons. The molecule has 2 heterocycles. The van der Waals surface area contributed by atoms with Gasteiger partial charge < -0.3 is 19.6 Å². The Kier molecular flexibility index (Phi) is 5.70. The number of methoxy groups -OCH3 is 2. The Hall–Kier alpha value is -2.64. The van der Waals surface area contributed by atoms with Crippen molar-refractivity contribution in [1.29, 1.82) is 0 Å². The first kappa shape index (κ1) is 18.2. The average molecular weight is 356 g/mol. The minimum Gasteiger partial charge on any atom is -0.493 e. The summed E-state index contributed by atoms with van der Waals surface area (Å²) >= 11 is 0. The molecule has 138 valence electrons. The summed E-state index contributed by atoms with van der Waals surface area (Å²) < 4.78 is 12.0. The van der Waals surface area contributed by atoms with Crippen LogP contribution >= 0.6 is 0 Å². The van der Waals surface area contributed by atoms with Gasteiger partial charge in [-0.05, 0) is 19.1 Å². The van der Waals surface area contributed by atoms with Gasteiger partial charge in [0.1, 0.15) is 11.5 Å². The van der Waals surface area contributed by atoms with Crippen LogP contribution in [0.15, 0.2) is 35.3 Å². The van der Waals surface area contributed by atoms with Crippen LogP contribution in [0.3, 0.4) is 0 Å². The molecule has 3 aromatic rings. The van der Waals surface area contributed by atoms with Crippen molar-refractivity contribution < 1.29 is 14.6 Å². The molecule has 3 rings (SSSR count). The number of rotatable bonds is 8. The van der Waals surface area contributed by atoms with Gasteiger partial charge in [-0.1, -0.05) is 18.2 Å². The third kappa shape index (κ3) is 3.63. The number of aliphatic imine (C=N–C) groups is 1. The second-order valence-electron chi connectivity index (χ2n) is 5.97. The van der Waals surface area contributed by atoms with Gasteiger partial charge in [0.15, 0.2) is 5.69 Å².